The van der Waals surface area contributed by atoms with Gasteiger partial charge < -0.3 is 10.2 Å². The number of likely N-dealkylation sites (tertiary alicyclic amines) is 1. The van der Waals surface area contributed by atoms with Crippen molar-refractivity contribution in [2.24, 2.45) is 5.92 Å². The monoisotopic (exact) mass is 266 g/mol. The molecule has 0 bridgehead atoms. The lowest BCUT2D eigenvalue weighted by Crippen LogP contribution is -2.41. The lowest BCUT2D eigenvalue weighted by atomic mass is 9.96. The molecule has 1 N–H and O–H groups in total. The minimum atomic E-state index is -4.00. The average molecular weight is 266 g/mol. The average Bonchev–Trinajstić information content (AvgIpc) is 2.22. The highest BCUT2D eigenvalue weighted by atomic mass is 19.4. The molecule has 18 heavy (non-hydrogen) atoms. The van der Waals surface area contributed by atoms with Crippen LogP contribution in [0, 0.1) is 5.92 Å². The second-order valence-corrected chi connectivity index (χ2v) is 6.19. The summed E-state index contributed by atoms with van der Waals surface area (Å²) in [6, 6.07) is 0. The molecule has 1 saturated heterocycles. The lowest BCUT2D eigenvalue weighted by molar-refractivity contribution is -0.185. The standard InChI is InChI=1S/C13H25F3N2/c1-12(2,3)17-7-4-8-18-9-5-11(6-10-18)13(14,15)16/h11,17H,4-10H2,1-3H3. The molecule has 0 aliphatic carbocycles. The minimum absolute atomic E-state index is 0.114. The van der Waals surface area contributed by atoms with Crippen molar-refractivity contribution in [3.05, 3.63) is 0 Å². The predicted molar refractivity (Wildman–Crippen MR) is 67.6 cm³/mol. The first-order chi connectivity index (χ1) is 8.18. The van der Waals surface area contributed by atoms with Gasteiger partial charge in [-0.1, -0.05) is 0 Å². The van der Waals surface area contributed by atoms with Crippen LogP contribution in [0.5, 0.6) is 0 Å². The number of nitrogens with zero attached hydrogens (tertiary/aromatic N) is 1. The van der Waals surface area contributed by atoms with E-state index < -0.39 is 12.1 Å². The second-order valence-electron chi connectivity index (χ2n) is 6.19. The third-order valence-electron chi connectivity index (χ3n) is 3.36. The van der Waals surface area contributed by atoms with Crippen LogP contribution >= 0.6 is 0 Å². The van der Waals surface area contributed by atoms with Gasteiger partial charge in [-0.25, -0.2) is 0 Å². The second kappa shape index (κ2) is 6.24. The maximum absolute atomic E-state index is 12.5. The summed E-state index contributed by atoms with van der Waals surface area (Å²) >= 11 is 0. The van der Waals surface area contributed by atoms with E-state index in [-0.39, 0.29) is 18.4 Å². The maximum atomic E-state index is 12.5. The fraction of sp³-hybridized carbons (Fsp3) is 1.00. The van der Waals surface area contributed by atoms with E-state index in [9.17, 15) is 13.2 Å². The summed E-state index contributed by atoms with van der Waals surface area (Å²) in [5, 5.41) is 3.39. The molecule has 0 aromatic carbocycles. The first-order valence-corrected chi connectivity index (χ1v) is 6.72. The smallest absolute Gasteiger partial charge is 0.312 e. The maximum Gasteiger partial charge on any atom is 0.391 e. The molecule has 0 radical (unpaired) electrons. The largest absolute Gasteiger partial charge is 0.391 e. The van der Waals surface area contributed by atoms with Crippen LogP contribution in [0.2, 0.25) is 0 Å². The van der Waals surface area contributed by atoms with Crippen molar-refractivity contribution in [2.45, 2.75) is 51.7 Å². The third-order valence-corrected chi connectivity index (χ3v) is 3.36. The molecule has 0 saturated carbocycles. The molecule has 2 nitrogen and oxygen atoms in total. The molecule has 0 atom stereocenters. The Morgan fingerprint density at radius 1 is 1.11 bits per heavy atom. The van der Waals surface area contributed by atoms with Crippen molar-refractivity contribution in [1.82, 2.24) is 10.2 Å². The Bertz CT molecular complexity index is 238. The Balaban J connectivity index is 2.13. The highest BCUT2D eigenvalue weighted by Gasteiger charge is 2.40. The number of alkyl halides is 3. The van der Waals surface area contributed by atoms with Gasteiger partial charge in [0.05, 0.1) is 5.92 Å². The van der Waals surface area contributed by atoms with Crippen LogP contribution < -0.4 is 5.32 Å². The summed E-state index contributed by atoms with van der Waals surface area (Å²) in [7, 11) is 0. The van der Waals surface area contributed by atoms with Crippen LogP contribution in [0.4, 0.5) is 13.2 Å². The molecule has 108 valence electrons. The van der Waals surface area contributed by atoms with Gasteiger partial charge in [0.25, 0.3) is 0 Å². The van der Waals surface area contributed by atoms with E-state index in [1.54, 1.807) is 0 Å². The van der Waals surface area contributed by atoms with E-state index in [1.165, 1.54) is 0 Å². The van der Waals surface area contributed by atoms with Crippen LogP contribution in [0.15, 0.2) is 0 Å². The molecule has 1 heterocycles. The summed E-state index contributed by atoms with van der Waals surface area (Å²) in [5.41, 5.74) is 0.114. The Hall–Kier alpha value is -0.290. The number of halogens is 3. The molecule has 1 rings (SSSR count). The van der Waals surface area contributed by atoms with Crippen LogP contribution in [0.25, 0.3) is 0 Å². The first-order valence-electron chi connectivity index (χ1n) is 6.72. The number of rotatable bonds is 4. The van der Waals surface area contributed by atoms with Crippen LogP contribution in [-0.4, -0.2) is 42.8 Å². The van der Waals surface area contributed by atoms with Gasteiger partial charge >= 0.3 is 6.18 Å². The van der Waals surface area contributed by atoms with Crippen molar-refractivity contribution in [1.29, 1.82) is 0 Å². The van der Waals surface area contributed by atoms with Crippen LogP contribution in [-0.2, 0) is 0 Å². The molecule has 1 fully saturated rings. The van der Waals surface area contributed by atoms with Crippen molar-refractivity contribution >= 4 is 0 Å². The van der Waals surface area contributed by atoms with Gasteiger partial charge in [-0.05, 0) is 66.2 Å². The van der Waals surface area contributed by atoms with Gasteiger partial charge in [0.2, 0.25) is 0 Å². The summed E-state index contributed by atoms with van der Waals surface area (Å²) in [5.74, 6) is -1.08. The predicted octanol–water partition coefficient (Wildman–Crippen LogP) is 3.04. The van der Waals surface area contributed by atoms with E-state index in [0.717, 1.165) is 19.5 Å². The van der Waals surface area contributed by atoms with Crippen LogP contribution in [0.3, 0.4) is 0 Å². The summed E-state index contributed by atoms with van der Waals surface area (Å²) < 4.78 is 37.4. The van der Waals surface area contributed by atoms with Gasteiger partial charge in [-0.2, -0.15) is 13.2 Å². The molecule has 1 aliphatic heterocycles. The lowest BCUT2D eigenvalue weighted by Gasteiger charge is -2.33. The Morgan fingerprint density at radius 2 is 1.67 bits per heavy atom. The van der Waals surface area contributed by atoms with E-state index in [2.05, 4.69) is 31.0 Å². The number of hydrogen-bond donors (Lipinski definition) is 1. The molecule has 5 heteroatoms. The molecule has 0 aromatic heterocycles. The zero-order chi connectivity index (χ0) is 13.8. The highest BCUT2D eigenvalue weighted by molar-refractivity contribution is 4.77. The van der Waals surface area contributed by atoms with Crippen molar-refractivity contribution in [3.63, 3.8) is 0 Å². The normalized spacial score (nSPS) is 20.3. The van der Waals surface area contributed by atoms with Gasteiger partial charge in [0.15, 0.2) is 0 Å². The van der Waals surface area contributed by atoms with Gasteiger partial charge in [-0.15, -0.1) is 0 Å². The summed E-state index contributed by atoms with van der Waals surface area (Å²) in [6.07, 6.45) is -2.49. The molecule has 0 unspecified atom stereocenters. The zero-order valence-electron chi connectivity index (χ0n) is 11.6. The van der Waals surface area contributed by atoms with Gasteiger partial charge in [-0.3, -0.25) is 0 Å². The molecule has 1 aliphatic rings. The number of piperidine rings is 1. The molecule has 0 amide bonds. The van der Waals surface area contributed by atoms with Crippen LogP contribution in [0.1, 0.15) is 40.0 Å². The molecule has 0 aromatic rings. The fourth-order valence-electron chi connectivity index (χ4n) is 2.25. The fourth-order valence-corrected chi connectivity index (χ4v) is 2.25. The van der Waals surface area contributed by atoms with E-state index in [1.807, 2.05) is 0 Å². The molecular weight excluding hydrogens is 241 g/mol. The molecule has 0 spiro atoms. The first kappa shape index (κ1) is 15.8. The number of hydrogen-bond acceptors (Lipinski definition) is 2. The van der Waals surface area contributed by atoms with E-state index in [4.69, 9.17) is 0 Å². The quantitative estimate of drug-likeness (QED) is 0.787. The Labute approximate surface area is 108 Å². The van der Waals surface area contributed by atoms with Crippen molar-refractivity contribution < 1.29 is 13.2 Å². The topological polar surface area (TPSA) is 15.3 Å². The number of nitrogens with one attached hydrogen (secondary N) is 1. The van der Waals surface area contributed by atoms with Gasteiger partial charge in [0.1, 0.15) is 0 Å². The van der Waals surface area contributed by atoms with E-state index in [0.29, 0.717) is 13.1 Å². The minimum Gasteiger partial charge on any atom is -0.312 e. The SMILES string of the molecule is CC(C)(C)NCCCN1CCC(C(F)(F)F)CC1. The summed E-state index contributed by atoms with van der Waals surface area (Å²) in [4.78, 5) is 2.15. The van der Waals surface area contributed by atoms with Crippen molar-refractivity contribution in [2.75, 3.05) is 26.2 Å². The molecular formula is C13H25F3N2. The summed E-state index contributed by atoms with van der Waals surface area (Å²) in [6.45, 7) is 9.32. The van der Waals surface area contributed by atoms with Crippen molar-refractivity contribution in [3.8, 4) is 0 Å². The third kappa shape index (κ3) is 6.05. The van der Waals surface area contributed by atoms with E-state index >= 15 is 0 Å². The zero-order valence-corrected chi connectivity index (χ0v) is 11.6. The Morgan fingerprint density at radius 3 is 2.11 bits per heavy atom. The highest BCUT2D eigenvalue weighted by Crippen LogP contribution is 2.33. The van der Waals surface area contributed by atoms with Gasteiger partial charge in [0, 0.05) is 5.54 Å². The Kier molecular flexibility index (Phi) is 5.46.